The smallest absolute Gasteiger partial charge is 0.251 e. The number of alkyl halides is 2. The van der Waals surface area contributed by atoms with Crippen LogP contribution in [0.4, 0.5) is 13.9 Å². The summed E-state index contributed by atoms with van der Waals surface area (Å²) in [6.45, 7) is 1.07. The lowest BCUT2D eigenvalue weighted by molar-refractivity contribution is 0.0676. The molecule has 0 aliphatic rings. The molecule has 0 unspecified atom stereocenters. The number of hydrogen-bond donors (Lipinski definition) is 1. The van der Waals surface area contributed by atoms with E-state index < -0.39 is 6.43 Å². The van der Waals surface area contributed by atoms with E-state index in [-0.39, 0.29) is 19.0 Å². The van der Waals surface area contributed by atoms with E-state index in [0.29, 0.717) is 24.8 Å². The van der Waals surface area contributed by atoms with Crippen molar-refractivity contribution in [3.05, 3.63) is 11.1 Å². The highest BCUT2D eigenvalue weighted by Crippen LogP contribution is 2.16. The summed E-state index contributed by atoms with van der Waals surface area (Å²) in [6, 6.07) is 0. The molecule has 0 saturated carbocycles. The molecule has 1 rings (SSSR count). The van der Waals surface area contributed by atoms with Gasteiger partial charge in [0.1, 0.15) is 0 Å². The highest BCUT2D eigenvalue weighted by atomic mass is 35.5. The third kappa shape index (κ3) is 6.72. The highest BCUT2D eigenvalue weighted by molar-refractivity contribution is 7.15. The van der Waals surface area contributed by atoms with Gasteiger partial charge in [0.05, 0.1) is 13.2 Å². The van der Waals surface area contributed by atoms with E-state index in [2.05, 4.69) is 4.98 Å². The van der Waals surface area contributed by atoms with E-state index in [1.165, 1.54) is 11.3 Å². The van der Waals surface area contributed by atoms with Crippen molar-refractivity contribution in [2.45, 2.75) is 13.0 Å². The molecule has 0 bridgehead atoms. The molecule has 2 N–H and O–H groups in total. The van der Waals surface area contributed by atoms with Crippen molar-refractivity contribution < 1.29 is 13.5 Å². The number of rotatable bonds is 7. The first-order valence-corrected chi connectivity index (χ1v) is 5.63. The zero-order valence-corrected chi connectivity index (χ0v) is 11.1. The lowest BCUT2D eigenvalue weighted by atomic mass is 10.4. The number of thiazole rings is 1. The van der Waals surface area contributed by atoms with Gasteiger partial charge in [0.25, 0.3) is 6.43 Å². The maximum atomic E-state index is 12.3. The number of nitrogens with zero attached hydrogens (tertiary/aromatic N) is 2. The number of anilines is 1. The number of ether oxygens (including phenoxy) is 1. The Kier molecular flexibility index (Phi) is 8.32. The van der Waals surface area contributed by atoms with Crippen molar-refractivity contribution in [1.29, 1.82) is 0 Å². The van der Waals surface area contributed by atoms with Crippen molar-refractivity contribution in [2.24, 2.45) is 0 Å². The Morgan fingerprint density at radius 1 is 1.59 bits per heavy atom. The van der Waals surface area contributed by atoms with Crippen LogP contribution in [-0.4, -0.2) is 43.1 Å². The molecule has 0 radical (unpaired) electrons. The summed E-state index contributed by atoms with van der Waals surface area (Å²) in [5.74, 6) is 0. The fourth-order valence-electron chi connectivity index (χ4n) is 1.27. The van der Waals surface area contributed by atoms with Crippen LogP contribution in [-0.2, 0) is 11.3 Å². The van der Waals surface area contributed by atoms with Gasteiger partial charge in [-0.3, -0.25) is 4.90 Å². The number of aromatic nitrogens is 1. The minimum Gasteiger partial charge on any atom is -0.383 e. The quantitative estimate of drug-likeness (QED) is 0.832. The van der Waals surface area contributed by atoms with Crippen LogP contribution in [0, 0.1) is 0 Å². The monoisotopic (exact) mass is 287 g/mol. The van der Waals surface area contributed by atoms with Crippen LogP contribution in [0.25, 0.3) is 0 Å². The standard InChI is InChI=1S/C9H15F2N3OS.ClH/c1-15-3-2-14(6-8(10)11)5-7-4-13-9(12)16-7;/h4,8H,2-3,5-6H2,1H3,(H2,12,13);1H. The minimum atomic E-state index is -2.35. The van der Waals surface area contributed by atoms with Gasteiger partial charge in [0, 0.05) is 31.3 Å². The Labute approximate surface area is 109 Å². The molecule has 17 heavy (non-hydrogen) atoms. The zero-order valence-electron chi connectivity index (χ0n) is 9.44. The Morgan fingerprint density at radius 3 is 2.76 bits per heavy atom. The maximum Gasteiger partial charge on any atom is 0.251 e. The molecule has 0 saturated heterocycles. The van der Waals surface area contributed by atoms with Gasteiger partial charge < -0.3 is 10.5 Å². The molecule has 1 aromatic heterocycles. The van der Waals surface area contributed by atoms with Crippen LogP contribution in [0.3, 0.4) is 0 Å². The Bertz CT molecular complexity index is 314. The van der Waals surface area contributed by atoms with E-state index in [9.17, 15) is 8.78 Å². The molecule has 0 aromatic carbocycles. The van der Waals surface area contributed by atoms with Crippen LogP contribution in [0.5, 0.6) is 0 Å². The summed E-state index contributed by atoms with van der Waals surface area (Å²) in [6.07, 6.45) is -0.729. The molecule has 0 amide bonds. The lowest BCUT2D eigenvalue weighted by Gasteiger charge is -2.20. The summed E-state index contributed by atoms with van der Waals surface area (Å²) in [5.41, 5.74) is 5.47. The van der Waals surface area contributed by atoms with Gasteiger partial charge in [-0.1, -0.05) is 0 Å². The van der Waals surface area contributed by atoms with Gasteiger partial charge in [0.2, 0.25) is 0 Å². The number of halogens is 3. The summed E-state index contributed by atoms with van der Waals surface area (Å²) in [5, 5.41) is 0.457. The number of nitrogen functional groups attached to an aromatic ring is 1. The maximum absolute atomic E-state index is 12.3. The lowest BCUT2D eigenvalue weighted by Crippen LogP contribution is -2.31. The van der Waals surface area contributed by atoms with Gasteiger partial charge in [0.15, 0.2) is 5.13 Å². The Balaban J connectivity index is 0.00000256. The van der Waals surface area contributed by atoms with Crippen LogP contribution in [0.2, 0.25) is 0 Å². The average molecular weight is 288 g/mol. The van der Waals surface area contributed by atoms with Crippen LogP contribution >= 0.6 is 23.7 Å². The first kappa shape index (κ1) is 16.5. The fourth-order valence-corrected chi connectivity index (χ4v) is 1.99. The molecular weight excluding hydrogens is 272 g/mol. The van der Waals surface area contributed by atoms with Gasteiger partial charge in [-0.2, -0.15) is 0 Å². The summed E-state index contributed by atoms with van der Waals surface area (Å²) in [4.78, 5) is 6.39. The van der Waals surface area contributed by atoms with Crippen molar-refractivity contribution in [1.82, 2.24) is 9.88 Å². The fraction of sp³-hybridized carbons (Fsp3) is 0.667. The van der Waals surface area contributed by atoms with Crippen molar-refractivity contribution in [2.75, 3.05) is 32.5 Å². The van der Waals surface area contributed by atoms with Gasteiger partial charge >= 0.3 is 0 Å². The molecule has 1 heterocycles. The summed E-state index contributed by atoms with van der Waals surface area (Å²) in [7, 11) is 1.55. The first-order valence-electron chi connectivity index (χ1n) is 4.81. The number of hydrogen-bond acceptors (Lipinski definition) is 5. The second kappa shape index (κ2) is 8.57. The van der Waals surface area contributed by atoms with E-state index in [1.807, 2.05) is 0 Å². The van der Waals surface area contributed by atoms with E-state index in [0.717, 1.165) is 4.88 Å². The van der Waals surface area contributed by atoms with Crippen molar-refractivity contribution >= 4 is 28.9 Å². The zero-order chi connectivity index (χ0) is 12.0. The summed E-state index contributed by atoms with van der Waals surface area (Å²) < 4.78 is 29.5. The Morgan fingerprint density at radius 2 is 2.29 bits per heavy atom. The normalized spacial score (nSPS) is 10.9. The number of nitrogens with two attached hydrogens (primary N) is 1. The second-order valence-corrected chi connectivity index (χ2v) is 4.43. The van der Waals surface area contributed by atoms with Gasteiger partial charge in [-0.15, -0.1) is 23.7 Å². The molecule has 1 aromatic rings. The second-order valence-electron chi connectivity index (χ2n) is 3.28. The molecule has 0 spiro atoms. The van der Waals surface area contributed by atoms with Crippen LogP contribution in [0.15, 0.2) is 6.20 Å². The minimum absolute atomic E-state index is 0. The largest absolute Gasteiger partial charge is 0.383 e. The molecule has 4 nitrogen and oxygen atoms in total. The topological polar surface area (TPSA) is 51.4 Å². The van der Waals surface area contributed by atoms with Crippen LogP contribution < -0.4 is 5.73 Å². The third-order valence-corrected chi connectivity index (χ3v) is 2.77. The predicted molar refractivity (Wildman–Crippen MR) is 66.9 cm³/mol. The van der Waals surface area contributed by atoms with Crippen molar-refractivity contribution in [3.63, 3.8) is 0 Å². The number of methoxy groups -OCH3 is 1. The molecular formula is C9H16ClF2N3OS. The third-order valence-electron chi connectivity index (χ3n) is 1.96. The molecule has 0 fully saturated rings. The molecule has 0 aliphatic heterocycles. The first-order chi connectivity index (χ1) is 7.61. The van der Waals surface area contributed by atoms with E-state index >= 15 is 0 Å². The Hall–Kier alpha value is -0.500. The van der Waals surface area contributed by atoms with E-state index in [1.54, 1.807) is 18.2 Å². The molecule has 100 valence electrons. The van der Waals surface area contributed by atoms with Crippen LogP contribution in [0.1, 0.15) is 4.88 Å². The predicted octanol–water partition coefficient (Wildman–Crippen LogP) is 1.86. The molecule has 0 aliphatic carbocycles. The van der Waals surface area contributed by atoms with Gasteiger partial charge in [-0.25, -0.2) is 13.8 Å². The highest BCUT2D eigenvalue weighted by Gasteiger charge is 2.13. The van der Waals surface area contributed by atoms with Gasteiger partial charge in [-0.05, 0) is 0 Å². The average Bonchev–Trinajstić information content (AvgIpc) is 2.59. The summed E-state index contributed by atoms with van der Waals surface area (Å²) >= 11 is 1.32. The molecule has 0 atom stereocenters. The SMILES string of the molecule is COCCN(Cc1cnc(N)s1)CC(F)F.Cl. The molecule has 8 heteroatoms. The van der Waals surface area contributed by atoms with Crippen molar-refractivity contribution in [3.8, 4) is 0 Å². The van der Waals surface area contributed by atoms with E-state index in [4.69, 9.17) is 10.5 Å².